The normalized spacial score (nSPS) is 23.1. The number of nitrogens with zero attached hydrogens (tertiary/aromatic N) is 2. The number of aryl methyl sites for hydroxylation is 1. The average molecular weight is 381 g/mol. The van der Waals surface area contributed by atoms with Crippen molar-refractivity contribution in [1.82, 2.24) is 9.03 Å². The fourth-order valence-electron chi connectivity index (χ4n) is 3.73. The van der Waals surface area contributed by atoms with Gasteiger partial charge in [-0.2, -0.15) is 17.4 Å². The van der Waals surface area contributed by atoms with Gasteiger partial charge in [-0.25, -0.2) is 0 Å². The predicted molar refractivity (Wildman–Crippen MR) is 100 cm³/mol. The first-order valence-corrected chi connectivity index (χ1v) is 10.6. The van der Waals surface area contributed by atoms with Crippen LogP contribution in [0.1, 0.15) is 31.2 Å². The SMILES string of the molecule is Cc1cccc(N2CCC(NS(=O)(=O)N3CCC[C@H](C(=O)O)C3)CC2)c1. The Balaban J connectivity index is 1.55. The van der Waals surface area contributed by atoms with Gasteiger partial charge in [0, 0.05) is 37.9 Å². The molecule has 0 bridgehead atoms. The molecule has 0 aromatic heterocycles. The van der Waals surface area contributed by atoms with Crippen molar-refractivity contribution in [3.63, 3.8) is 0 Å². The minimum Gasteiger partial charge on any atom is -0.481 e. The van der Waals surface area contributed by atoms with Crippen LogP contribution in [-0.4, -0.2) is 56.0 Å². The van der Waals surface area contributed by atoms with Crippen molar-refractivity contribution >= 4 is 21.9 Å². The number of benzene rings is 1. The molecule has 1 aromatic rings. The molecule has 2 saturated heterocycles. The second kappa shape index (κ2) is 7.94. The van der Waals surface area contributed by atoms with Crippen LogP contribution >= 0.6 is 0 Å². The number of aliphatic carboxylic acids is 1. The van der Waals surface area contributed by atoms with E-state index >= 15 is 0 Å². The van der Waals surface area contributed by atoms with Crippen molar-refractivity contribution in [2.75, 3.05) is 31.1 Å². The quantitative estimate of drug-likeness (QED) is 0.808. The Morgan fingerprint density at radius 3 is 2.58 bits per heavy atom. The number of hydrogen-bond acceptors (Lipinski definition) is 4. The van der Waals surface area contributed by atoms with Crippen LogP contribution in [0, 0.1) is 12.8 Å². The van der Waals surface area contributed by atoms with Crippen LogP contribution in [0.15, 0.2) is 24.3 Å². The zero-order valence-corrected chi connectivity index (χ0v) is 15.9. The van der Waals surface area contributed by atoms with Gasteiger partial charge in [-0.15, -0.1) is 0 Å². The molecule has 0 amide bonds. The summed E-state index contributed by atoms with van der Waals surface area (Å²) in [7, 11) is -3.64. The largest absolute Gasteiger partial charge is 0.481 e. The summed E-state index contributed by atoms with van der Waals surface area (Å²) in [5.74, 6) is -1.53. The van der Waals surface area contributed by atoms with Crippen molar-refractivity contribution < 1.29 is 18.3 Å². The third-order valence-corrected chi connectivity index (χ3v) is 6.89. The minimum atomic E-state index is -3.64. The first-order valence-electron chi connectivity index (χ1n) is 9.17. The molecule has 2 aliphatic heterocycles. The van der Waals surface area contributed by atoms with Crippen molar-refractivity contribution in [3.8, 4) is 0 Å². The van der Waals surface area contributed by atoms with E-state index in [-0.39, 0.29) is 12.6 Å². The second-order valence-electron chi connectivity index (χ2n) is 7.26. The lowest BCUT2D eigenvalue weighted by molar-refractivity contribution is -0.142. The zero-order chi connectivity index (χ0) is 18.7. The van der Waals surface area contributed by atoms with Gasteiger partial charge in [0.15, 0.2) is 0 Å². The number of rotatable bonds is 5. The van der Waals surface area contributed by atoms with Crippen molar-refractivity contribution in [2.24, 2.45) is 5.92 Å². The Kier molecular flexibility index (Phi) is 5.84. The van der Waals surface area contributed by atoms with E-state index in [4.69, 9.17) is 5.11 Å². The predicted octanol–water partition coefficient (Wildman–Crippen LogP) is 1.59. The van der Waals surface area contributed by atoms with Crippen LogP contribution < -0.4 is 9.62 Å². The molecule has 2 aliphatic rings. The Morgan fingerprint density at radius 1 is 1.19 bits per heavy atom. The number of carboxylic acids is 1. The second-order valence-corrected chi connectivity index (χ2v) is 8.96. The lowest BCUT2D eigenvalue weighted by atomic mass is 10.0. The summed E-state index contributed by atoms with van der Waals surface area (Å²) in [5, 5.41) is 9.15. The number of hydrogen-bond donors (Lipinski definition) is 2. The fourth-order valence-corrected chi connectivity index (χ4v) is 5.28. The fraction of sp³-hybridized carbons (Fsp3) is 0.611. The highest BCUT2D eigenvalue weighted by Gasteiger charge is 2.34. The van der Waals surface area contributed by atoms with Crippen LogP contribution in [0.5, 0.6) is 0 Å². The third kappa shape index (κ3) is 4.55. The highest BCUT2D eigenvalue weighted by atomic mass is 32.2. The zero-order valence-electron chi connectivity index (χ0n) is 15.1. The molecule has 2 N–H and O–H groups in total. The number of carboxylic acid groups (broad SMARTS) is 1. The number of piperidine rings is 2. The molecule has 3 rings (SSSR count). The Labute approximate surface area is 155 Å². The molecule has 0 unspecified atom stereocenters. The lowest BCUT2D eigenvalue weighted by Gasteiger charge is -2.36. The van der Waals surface area contributed by atoms with Crippen molar-refractivity contribution in [2.45, 2.75) is 38.6 Å². The number of anilines is 1. The maximum absolute atomic E-state index is 12.6. The molecule has 7 nitrogen and oxygen atoms in total. The van der Waals surface area contributed by atoms with Gasteiger partial charge in [-0.05, 0) is 50.3 Å². The van der Waals surface area contributed by atoms with Gasteiger partial charge >= 0.3 is 5.97 Å². The molecule has 0 aliphatic carbocycles. The highest BCUT2D eigenvalue weighted by Crippen LogP contribution is 2.23. The van der Waals surface area contributed by atoms with E-state index in [1.807, 2.05) is 6.07 Å². The standard InChI is InChI=1S/C18H27N3O4S/c1-14-4-2-6-17(12-14)20-10-7-16(8-11-20)19-26(24,25)21-9-3-5-15(13-21)18(22)23/h2,4,6,12,15-16,19H,3,5,7-11,13H2,1H3,(H,22,23)/t15-/m0/s1. The Hall–Kier alpha value is -1.64. The summed E-state index contributed by atoms with van der Waals surface area (Å²) < 4.78 is 29.3. The topological polar surface area (TPSA) is 90.0 Å². The van der Waals surface area contributed by atoms with E-state index in [0.29, 0.717) is 19.4 Å². The maximum Gasteiger partial charge on any atom is 0.307 e. The molecule has 0 radical (unpaired) electrons. The monoisotopic (exact) mass is 381 g/mol. The van der Waals surface area contributed by atoms with E-state index < -0.39 is 22.1 Å². The first-order chi connectivity index (χ1) is 12.3. The molecule has 0 saturated carbocycles. The Bertz CT molecular complexity index is 745. The highest BCUT2D eigenvalue weighted by molar-refractivity contribution is 7.87. The van der Waals surface area contributed by atoms with Gasteiger partial charge in [-0.1, -0.05) is 12.1 Å². The van der Waals surface area contributed by atoms with Gasteiger partial charge in [0.2, 0.25) is 0 Å². The van der Waals surface area contributed by atoms with Gasteiger partial charge in [-0.3, -0.25) is 4.79 Å². The summed E-state index contributed by atoms with van der Waals surface area (Å²) in [6.07, 6.45) is 2.60. The van der Waals surface area contributed by atoms with Crippen LogP contribution in [0.3, 0.4) is 0 Å². The van der Waals surface area contributed by atoms with Crippen molar-refractivity contribution in [1.29, 1.82) is 0 Å². The van der Waals surface area contributed by atoms with Gasteiger partial charge in [0.1, 0.15) is 0 Å². The Morgan fingerprint density at radius 2 is 1.92 bits per heavy atom. The summed E-state index contributed by atoms with van der Waals surface area (Å²) in [4.78, 5) is 13.4. The summed E-state index contributed by atoms with van der Waals surface area (Å²) in [6.45, 7) is 4.12. The van der Waals surface area contributed by atoms with E-state index in [0.717, 1.165) is 25.9 Å². The molecule has 1 atom stereocenters. The molecule has 2 heterocycles. The summed E-state index contributed by atoms with van der Waals surface area (Å²) in [6, 6.07) is 8.22. The number of carbonyl (C=O) groups is 1. The third-order valence-electron chi connectivity index (χ3n) is 5.25. The molecule has 0 spiro atoms. The molecule has 144 valence electrons. The molecule has 2 fully saturated rings. The van der Waals surface area contributed by atoms with Gasteiger partial charge < -0.3 is 10.0 Å². The van der Waals surface area contributed by atoms with Crippen LogP contribution in [-0.2, 0) is 15.0 Å². The average Bonchev–Trinajstić information content (AvgIpc) is 2.62. The molecule has 8 heteroatoms. The van der Waals surface area contributed by atoms with Crippen LogP contribution in [0.4, 0.5) is 5.69 Å². The van der Waals surface area contributed by atoms with Gasteiger partial charge in [0.05, 0.1) is 5.92 Å². The maximum atomic E-state index is 12.6. The van der Waals surface area contributed by atoms with E-state index in [1.165, 1.54) is 15.6 Å². The molecule has 1 aromatic carbocycles. The van der Waals surface area contributed by atoms with Gasteiger partial charge in [0.25, 0.3) is 10.2 Å². The number of nitrogens with one attached hydrogen (secondary N) is 1. The summed E-state index contributed by atoms with van der Waals surface area (Å²) in [5.41, 5.74) is 2.38. The summed E-state index contributed by atoms with van der Waals surface area (Å²) >= 11 is 0. The molecular weight excluding hydrogens is 354 g/mol. The molecular formula is C18H27N3O4S. The van der Waals surface area contributed by atoms with Crippen molar-refractivity contribution in [3.05, 3.63) is 29.8 Å². The smallest absolute Gasteiger partial charge is 0.307 e. The van der Waals surface area contributed by atoms with E-state index in [2.05, 4.69) is 34.7 Å². The molecule has 26 heavy (non-hydrogen) atoms. The van der Waals surface area contributed by atoms with E-state index in [9.17, 15) is 13.2 Å². The minimum absolute atomic E-state index is 0.0623. The van der Waals surface area contributed by atoms with Crippen LogP contribution in [0.25, 0.3) is 0 Å². The first kappa shape index (κ1) is 19.1. The van der Waals surface area contributed by atoms with E-state index in [1.54, 1.807) is 0 Å². The van der Waals surface area contributed by atoms with Crippen LogP contribution in [0.2, 0.25) is 0 Å². The lowest BCUT2D eigenvalue weighted by Crippen LogP contribution is -2.52.